The maximum atomic E-state index is 3.52. The Kier molecular flexibility index (Phi) is 4.17. The monoisotopic (exact) mass is 267 g/mol. The molecule has 0 saturated carbocycles. The summed E-state index contributed by atoms with van der Waals surface area (Å²) in [6.45, 7) is 12.0. The van der Waals surface area contributed by atoms with E-state index in [2.05, 4.69) is 82.4 Å². The number of rotatable bonds is 3. The van der Waals surface area contributed by atoms with Gasteiger partial charge in [-0.25, -0.2) is 0 Å². The van der Waals surface area contributed by atoms with E-state index < -0.39 is 0 Å². The molecule has 0 heterocycles. The van der Waals surface area contributed by atoms with Gasteiger partial charge in [0, 0.05) is 12.2 Å². The Morgan fingerprint density at radius 1 is 0.850 bits per heavy atom. The van der Waals surface area contributed by atoms with E-state index in [1.54, 1.807) is 0 Å². The first-order valence-corrected chi connectivity index (χ1v) is 7.27. The highest BCUT2D eigenvalue weighted by Gasteiger charge is 2.12. The zero-order chi connectivity index (χ0) is 14.8. The fourth-order valence-corrected chi connectivity index (χ4v) is 2.41. The van der Waals surface area contributed by atoms with Gasteiger partial charge in [0.1, 0.15) is 0 Å². The lowest BCUT2D eigenvalue weighted by molar-refractivity contribution is 0.590. The van der Waals surface area contributed by atoms with Crippen LogP contribution in [0.25, 0.3) is 0 Å². The van der Waals surface area contributed by atoms with Crippen molar-refractivity contribution in [2.24, 2.45) is 0 Å². The molecule has 2 rings (SSSR count). The summed E-state index contributed by atoms with van der Waals surface area (Å²) in [6, 6.07) is 15.2. The third-order valence-electron chi connectivity index (χ3n) is 3.86. The Morgan fingerprint density at radius 3 is 1.90 bits per heavy atom. The Balaban J connectivity index is 2.08. The van der Waals surface area contributed by atoms with Crippen molar-refractivity contribution >= 4 is 5.69 Å². The van der Waals surface area contributed by atoms with E-state index in [1.807, 2.05) is 0 Å². The molecule has 1 N–H and O–H groups in total. The molecule has 0 aliphatic heterocycles. The molecule has 0 radical (unpaired) electrons. The third kappa shape index (κ3) is 3.41. The summed E-state index contributed by atoms with van der Waals surface area (Å²) < 4.78 is 0. The highest BCUT2D eigenvalue weighted by Crippen LogP contribution is 2.24. The molecule has 20 heavy (non-hydrogen) atoms. The van der Waals surface area contributed by atoms with Crippen molar-refractivity contribution in [1.29, 1.82) is 0 Å². The minimum absolute atomic E-state index is 0.213. The van der Waals surface area contributed by atoms with Crippen LogP contribution in [0.15, 0.2) is 42.5 Å². The molecule has 1 nitrogen and oxygen atoms in total. The van der Waals surface area contributed by atoms with Crippen LogP contribution in [0.2, 0.25) is 0 Å². The van der Waals surface area contributed by atoms with E-state index in [0.717, 1.165) is 6.54 Å². The second kappa shape index (κ2) is 5.70. The first-order valence-electron chi connectivity index (χ1n) is 7.27. The summed E-state index contributed by atoms with van der Waals surface area (Å²) in [6.07, 6.45) is 0. The summed E-state index contributed by atoms with van der Waals surface area (Å²) in [4.78, 5) is 0. The SMILES string of the molecule is Cc1cccc(C)c1CNc1ccc(C(C)(C)C)cc1. The molecule has 0 unspecified atom stereocenters. The van der Waals surface area contributed by atoms with Crippen LogP contribution in [-0.4, -0.2) is 0 Å². The van der Waals surface area contributed by atoms with Gasteiger partial charge in [0.15, 0.2) is 0 Å². The van der Waals surface area contributed by atoms with Gasteiger partial charge in [-0.15, -0.1) is 0 Å². The normalized spacial score (nSPS) is 11.4. The van der Waals surface area contributed by atoms with E-state index in [0.29, 0.717) is 0 Å². The summed E-state index contributed by atoms with van der Waals surface area (Å²) in [5.74, 6) is 0. The third-order valence-corrected chi connectivity index (χ3v) is 3.86. The molecule has 0 spiro atoms. The maximum absolute atomic E-state index is 3.52. The number of hydrogen-bond donors (Lipinski definition) is 1. The van der Waals surface area contributed by atoms with Gasteiger partial charge in [0.25, 0.3) is 0 Å². The number of hydrogen-bond acceptors (Lipinski definition) is 1. The zero-order valence-electron chi connectivity index (χ0n) is 13.2. The standard InChI is InChI=1S/C19H25N/c1-14-7-6-8-15(2)18(14)13-20-17-11-9-16(10-12-17)19(3,4)5/h6-12,20H,13H2,1-5H3. The maximum Gasteiger partial charge on any atom is 0.0406 e. The van der Waals surface area contributed by atoms with Crippen molar-refractivity contribution in [3.63, 3.8) is 0 Å². The van der Waals surface area contributed by atoms with E-state index >= 15 is 0 Å². The lowest BCUT2D eigenvalue weighted by atomic mass is 9.87. The van der Waals surface area contributed by atoms with Crippen LogP contribution in [0.4, 0.5) is 5.69 Å². The first kappa shape index (κ1) is 14.6. The minimum atomic E-state index is 0.213. The largest absolute Gasteiger partial charge is 0.381 e. The molecule has 0 aromatic heterocycles. The van der Waals surface area contributed by atoms with Crippen LogP contribution >= 0.6 is 0 Å². The second-order valence-electron chi connectivity index (χ2n) is 6.55. The van der Waals surface area contributed by atoms with Gasteiger partial charge in [-0.05, 0) is 53.6 Å². The van der Waals surface area contributed by atoms with Crippen molar-refractivity contribution < 1.29 is 0 Å². The second-order valence-corrected chi connectivity index (χ2v) is 6.55. The number of aryl methyl sites for hydroxylation is 2. The van der Waals surface area contributed by atoms with E-state index in [4.69, 9.17) is 0 Å². The van der Waals surface area contributed by atoms with Crippen LogP contribution in [0.5, 0.6) is 0 Å². The average molecular weight is 267 g/mol. The highest BCUT2D eigenvalue weighted by molar-refractivity contribution is 5.47. The topological polar surface area (TPSA) is 12.0 Å². The van der Waals surface area contributed by atoms with E-state index in [-0.39, 0.29) is 5.41 Å². The van der Waals surface area contributed by atoms with Crippen molar-refractivity contribution in [3.05, 3.63) is 64.7 Å². The minimum Gasteiger partial charge on any atom is -0.381 e. The number of benzene rings is 2. The fourth-order valence-electron chi connectivity index (χ4n) is 2.41. The van der Waals surface area contributed by atoms with Crippen LogP contribution in [0.1, 0.15) is 43.0 Å². The van der Waals surface area contributed by atoms with Crippen molar-refractivity contribution in [2.75, 3.05) is 5.32 Å². The Hall–Kier alpha value is -1.76. The van der Waals surface area contributed by atoms with Gasteiger partial charge in [0.05, 0.1) is 0 Å². The van der Waals surface area contributed by atoms with Crippen LogP contribution < -0.4 is 5.32 Å². The van der Waals surface area contributed by atoms with Gasteiger partial charge in [-0.2, -0.15) is 0 Å². The smallest absolute Gasteiger partial charge is 0.0406 e. The lowest BCUT2D eigenvalue weighted by Gasteiger charge is -2.19. The van der Waals surface area contributed by atoms with E-state index in [9.17, 15) is 0 Å². The molecule has 0 saturated heterocycles. The van der Waals surface area contributed by atoms with Crippen LogP contribution in [-0.2, 0) is 12.0 Å². The quantitative estimate of drug-likeness (QED) is 0.804. The molecule has 0 aliphatic carbocycles. The lowest BCUT2D eigenvalue weighted by Crippen LogP contribution is -2.11. The summed E-state index contributed by atoms with van der Waals surface area (Å²) in [7, 11) is 0. The molecule has 0 fully saturated rings. The molecule has 2 aromatic rings. The molecular weight excluding hydrogens is 242 g/mol. The molecule has 0 bridgehead atoms. The van der Waals surface area contributed by atoms with Gasteiger partial charge < -0.3 is 5.32 Å². The predicted octanol–water partition coefficient (Wildman–Crippen LogP) is 5.21. The van der Waals surface area contributed by atoms with Crippen molar-refractivity contribution in [3.8, 4) is 0 Å². The molecular formula is C19H25N. The van der Waals surface area contributed by atoms with Crippen molar-refractivity contribution in [2.45, 2.75) is 46.6 Å². The molecule has 0 atom stereocenters. The summed E-state index contributed by atoms with van der Waals surface area (Å²) in [5.41, 5.74) is 6.86. The first-order chi connectivity index (χ1) is 9.38. The van der Waals surface area contributed by atoms with Gasteiger partial charge in [0.2, 0.25) is 0 Å². The molecule has 2 aromatic carbocycles. The Morgan fingerprint density at radius 2 is 1.40 bits per heavy atom. The summed E-state index contributed by atoms with van der Waals surface area (Å²) >= 11 is 0. The van der Waals surface area contributed by atoms with Crippen molar-refractivity contribution in [1.82, 2.24) is 0 Å². The molecule has 106 valence electrons. The average Bonchev–Trinajstić information content (AvgIpc) is 2.37. The highest BCUT2D eigenvalue weighted by atomic mass is 14.9. The Bertz CT molecular complexity index is 553. The van der Waals surface area contributed by atoms with Gasteiger partial charge in [-0.3, -0.25) is 0 Å². The molecule has 1 heteroatoms. The van der Waals surface area contributed by atoms with Crippen LogP contribution in [0, 0.1) is 13.8 Å². The predicted molar refractivity (Wildman–Crippen MR) is 88.4 cm³/mol. The van der Waals surface area contributed by atoms with E-state index in [1.165, 1.54) is 27.9 Å². The summed E-state index contributed by atoms with van der Waals surface area (Å²) in [5, 5.41) is 3.52. The molecule has 0 amide bonds. The van der Waals surface area contributed by atoms with Crippen LogP contribution in [0.3, 0.4) is 0 Å². The number of anilines is 1. The zero-order valence-corrected chi connectivity index (χ0v) is 13.2. The fraction of sp³-hybridized carbons (Fsp3) is 0.368. The number of nitrogens with one attached hydrogen (secondary N) is 1. The Labute approximate surface area is 123 Å². The van der Waals surface area contributed by atoms with Gasteiger partial charge >= 0.3 is 0 Å². The molecule has 0 aliphatic rings. The van der Waals surface area contributed by atoms with Gasteiger partial charge in [-0.1, -0.05) is 51.1 Å².